The van der Waals surface area contributed by atoms with Crippen molar-refractivity contribution in [3.8, 4) is 11.4 Å². The fourth-order valence-electron chi connectivity index (χ4n) is 3.16. The summed E-state index contributed by atoms with van der Waals surface area (Å²) < 4.78 is 19.8. The number of pyridine rings is 1. The molecule has 4 aromatic rings. The van der Waals surface area contributed by atoms with Crippen molar-refractivity contribution < 1.29 is 13.9 Å². The molecule has 4 rings (SSSR count). The van der Waals surface area contributed by atoms with Gasteiger partial charge in [0.1, 0.15) is 11.6 Å². The number of anilines is 1. The number of fused-ring (bicyclic) bond motifs is 1. The summed E-state index contributed by atoms with van der Waals surface area (Å²) in [4.78, 5) is 26.0. The zero-order valence-corrected chi connectivity index (χ0v) is 15.6. The molecule has 0 aliphatic rings. The molecule has 0 saturated heterocycles. The van der Waals surface area contributed by atoms with Gasteiger partial charge in [-0.1, -0.05) is 24.3 Å². The van der Waals surface area contributed by atoms with Crippen molar-refractivity contribution in [2.75, 3.05) is 12.4 Å². The average molecular weight is 388 g/mol. The summed E-state index contributed by atoms with van der Waals surface area (Å²) in [5.41, 5.74) is 1.12. The molecule has 1 aromatic heterocycles. The number of rotatable bonds is 4. The maximum Gasteiger partial charge on any atom is 0.262 e. The Morgan fingerprint density at radius 1 is 0.966 bits per heavy atom. The van der Waals surface area contributed by atoms with Gasteiger partial charge in [-0.3, -0.25) is 14.2 Å². The van der Waals surface area contributed by atoms with Gasteiger partial charge in [-0.05, 0) is 42.5 Å². The first-order chi connectivity index (χ1) is 14.1. The highest BCUT2D eigenvalue weighted by Crippen LogP contribution is 2.21. The van der Waals surface area contributed by atoms with E-state index in [2.05, 4.69) is 5.32 Å². The maximum absolute atomic E-state index is 13.1. The highest BCUT2D eigenvalue weighted by molar-refractivity contribution is 6.12. The molecule has 0 bridgehead atoms. The van der Waals surface area contributed by atoms with Crippen LogP contribution in [0.1, 0.15) is 10.4 Å². The zero-order chi connectivity index (χ0) is 20.4. The number of nitrogens with one attached hydrogen (secondary N) is 1. The van der Waals surface area contributed by atoms with Crippen LogP contribution >= 0.6 is 0 Å². The summed E-state index contributed by atoms with van der Waals surface area (Å²) in [5, 5.41) is 3.71. The van der Waals surface area contributed by atoms with E-state index >= 15 is 0 Å². The van der Waals surface area contributed by atoms with Gasteiger partial charge in [-0.2, -0.15) is 0 Å². The second-order valence-corrected chi connectivity index (χ2v) is 6.43. The van der Waals surface area contributed by atoms with Crippen molar-refractivity contribution in [1.82, 2.24) is 4.57 Å². The molecule has 6 heteroatoms. The SMILES string of the molecule is COc1cccc(-n2cc(C(=O)Nc3ccc(F)cc3)c3ccccc3c2=O)c1. The molecule has 0 spiro atoms. The van der Waals surface area contributed by atoms with Gasteiger partial charge >= 0.3 is 0 Å². The molecule has 0 atom stereocenters. The number of halogens is 1. The van der Waals surface area contributed by atoms with Crippen molar-refractivity contribution in [3.05, 3.63) is 101 Å². The summed E-state index contributed by atoms with van der Waals surface area (Å²) >= 11 is 0. The van der Waals surface area contributed by atoms with Crippen molar-refractivity contribution >= 4 is 22.4 Å². The van der Waals surface area contributed by atoms with E-state index in [4.69, 9.17) is 4.74 Å². The lowest BCUT2D eigenvalue weighted by Crippen LogP contribution is -2.22. The van der Waals surface area contributed by atoms with E-state index in [9.17, 15) is 14.0 Å². The van der Waals surface area contributed by atoms with Crippen LogP contribution in [0, 0.1) is 5.82 Å². The predicted molar refractivity (Wildman–Crippen MR) is 110 cm³/mol. The van der Waals surface area contributed by atoms with E-state index in [1.54, 1.807) is 55.6 Å². The Balaban J connectivity index is 1.86. The van der Waals surface area contributed by atoms with Crippen molar-refractivity contribution in [1.29, 1.82) is 0 Å². The molecule has 0 fully saturated rings. The van der Waals surface area contributed by atoms with Crippen LogP contribution in [0.2, 0.25) is 0 Å². The fraction of sp³-hybridized carbons (Fsp3) is 0.0435. The van der Waals surface area contributed by atoms with Crippen LogP contribution in [0.4, 0.5) is 10.1 Å². The Labute approximate surface area is 166 Å². The number of methoxy groups -OCH3 is 1. The maximum atomic E-state index is 13.1. The van der Waals surface area contributed by atoms with Gasteiger partial charge in [0, 0.05) is 28.7 Å². The standard InChI is InChI=1S/C23H17FN2O3/c1-29-18-6-4-5-17(13-18)26-14-21(19-7-2-3-8-20(19)23(26)28)22(27)25-16-11-9-15(24)10-12-16/h2-14H,1H3,(H,25,27). The molecule has 1 N–H and O–H groups in total. The number of aromatic nitrogens is 1. The Morgan fingerprint density at radius 3 is 2.41 bits per heavy atom. The number of carbonyl (C=O) groups is 1. The molecule has 0 aliphatic carbocycles. The molecule has 0 saturated carbocycles. The monoisotopic (exact) mass is 388 g/mol. The first-order valence-electron chi connectivity index (χ1n) is 8.92. The summed E-state index contributed by atoms with van der Waals surface area (Å²) in [7, 11) is 1.55. The highest BCUT2D eigenvalue weighted by Gasteiger charge is 2.16. The molecular weight excluding hydrogens is 371 g/mol. The van der Waals surface area contributed by atoms with Gasteiger partial charge in [0.25, 0.3) is 11.5 Å². The normalized spacial score (nSPS) is 10.7. The minimum Gasteiger partial charge on any atom is -0.497 e. The quantitative estimate of drug-likeness (QED) is 0.564. The van der Waals surface area contributed by atoms with Crippen LogP contribution in [0.25, 0.3) is 16.5 Å². The van der Waals surface area contributed by atoms with Gasteiger partial charge in [-0.25, -0.2) is 4.39 Å². The molecule has 0 unspecified atom stereocenters. The summed E-state index contributed by atoms with van der Waals surface area (Å²) in [6, 6.07) is 19.5. The van der Waals surface area contributed by atoms with Gasteiger partial charge in [0.15, 0.2) is 0 Å². The summed E-state index contributed by atoms with van der Waals surface area (Å²) in [5.74, 6) is -0.190. The van der Waals surface area contributed by atoms with Crippen LogP contribution in [0.5, 0.6) is 5.75 Å². The lowest BCUT2D eigenvalue weighted by atomic mass is 10.1. The topological polar surface area (TPSA) is 60.3 Å². The highest BCUT2D eigenvalue weighted by atomic mass is 19.1. The Morgan fingerprint density at radius 2 is 1.69 bits per heavy atom. The second-order valence-electron chi connectivity index (χ2n) is 6.43. The number of hydrogen-bond acceptors (Lipinski definition) is 3. The Hall–Kier alpha value is -3.93. The molecule has 29 heavy (non-hydrogen) atoms. The number of carbonyl (C=O) groups excluding carboxylic acids is 1. The number of benzene rings is 3. The third kappa shape index (κ3) is 3.60. The van der Waals surface area contributed by atoms with E-state index < -0.39 is 5.91 Å². The van der Waals surface area contributed by atoms with Crippen molar-refractivity contribution in [3.63, 3.8) is 0 Å². The second kappa shape index (κ2) is 7.59. The van der Waals surface area contributed by atoms with Crippen LogP contribution in [0.3, 0.4) is 0 Å². The molecule has 3 aromatic carbocycles. The fourth-order valence-corrected chi connectivity index (χ4v) is 3.16. The zero-order valence-electron chi connectivity index (χ0n) is 15.6. The summed E-state index contributed by atoms with van der Waals surface area (Å²) in [6.07, 6.45) is 1.51. The Kier molecular flexibility index (Phi) is 4.83. The average Bonchev–Trinajstić information content (AvgIpc) is 2.76. The van der Waals surface area contributed by atoms with Crippen molar-refractivity contribution in [2.45, 2.75) is 0 Å². The molecule has 144 valence electrons. The van der Waals surface area contributed by atoms with Gasteiger partial charge in [0.2, 0.25) is 0 Å². The van der Waals surface area contributed by atoms with Gasteiger partial charge in [0.05, 0.1) is 18.4 Å². The number of amides is 1. The lowest BCUT2D eigenvalue weighted by molar-refractivity contribution is 0.102. The van der Waals surface area contributed by atoms with Crippen LogP contribution in [0.15, 0.2) is 83.8 Å². The van der Waals surface area contributed by atoms with Crippen molar-refractivity contribution in [2.24, 2.45) is 0 Å². The minimum absolute atomic E-state index is 0.243. The Bertz CT molecular complexity index is 1260. The number of ether oxygens (including phenoxy) is 1. The lowest BCUT2D eigenvalue weighted by Gasteiger charge is -2.13. The molecular formula is C23H17FN2O3. The van der Waals surface area contributed by atoms with Crippen LogP contribution in [-0.2, 0) is 0 Å². The number of hydrogen-bond donors (Lipinski definition) is 1. The first-order valence-corrected chi connectivity index (χ1v) is 8.92. The first kappa shape index (κ1) is 18.4. The third-order valence-corrected chi connectivity index (χ3v) is 4.60. The molecule has 1 heterocycles. The molecule has 1 amide bonds. The van der Waals surface area contributed by atoms with E-state index in [0.717, 1.165) is 0 Å². The van der Waals surface area contributed by atoms with E-state index in [0.29, 0.717) is 33.5 Å². The van der Waals surface area contributed by atoms with E-state index in [-0.39, 0.29) is 11.4 Å². The summed E-state index contributed by atoms with van der Waals surface area (Å²) in [6.45, 7) is 0. The smallest absolute Gasteiger partial charge is 0.262 e. The number of nitrogens with zero attached hydrogens (tertiary/aromatic N) is 1. The minimum atomic E-state index is -0.399. The largest absolute Gasteiger partial charge is 0.497 e. The molecule has 5 nitrogen and oxygen atoms in total. The predicted octanol–water partition coefficient (Wildman–Crippen LogP) is 4.39. The third-order valence-electron chi connectivity index (χ3n) is 4.60. The molecule has 0 radical (unpaired) electrons. The molecule has 0 aliphatic heterocycles. The van der Waals surface area contributed by atoms with Crippen LogP contribution in [-0.4, -0.2) is 17.6 Å². The van der Waals surface area contributed by atoms with Gasteiger partial charge < -0.3 is 10.1 Å². The van der Waals surface area contributed by atoms with Gasteiger partial charge in [-0.15, -0.1) is 0 Å². The van der Waals surface area contributed by atoms with E-state index in [1.165, 1.54) is 35.0 Å². The van der Waals surface area contributed by atoms with E-state index in [1.807, 2.05) is 0 Å². The van der Waals surface area contributed by atoms with Crippen LogP contribution < -0.4 is 15.6 Å².